The van der Waals surface area contributed by atoms with Crippen LogP contribution in [0.5, 0.6) is 0 Å². The summed E-state index contributed by atoms with van der Waals surface area (Å²) < 4.78 is 7.77. The molecule has 4 bridgehead atoms. The van der Waals surface area contributed by atoms with Gasteiger partial charge >= 0.3 is 0 Å². The maximum absolute atomic E-state index is 15.4. The number of primary amides is 1. The number of carbonyl (C=O) groups excluding carboxylic acids is 15. The zero-order valence-corrected chi connectivity index (χ0v) is 65.0. The summed E-state index contributed by atoms with van der Waals surface area (Å²) in [5.74, 6) is -22.3. The summed E-state index contributed by atoms with van der Waals surface area (Å²) in [7, 11) is 0. The van der Waals surface area contributed by atoms with Crippen LogP contribution in [0.15, 0.2) is 121 Å². The van der Waals surface area contributed by atoms with E-state index in [1.807, 2.05) is 10.6 Å². The third-order valence-corrected chi connectivity index (χ3v) is 19.7. The number of aromatic nitrogens is 2. The third-order valence-electron chi connectivity index (χ3n) is 19.7. The Morgan fingerprint density at radius 1 is 0.588 bits per heavy atom. The maximum Gasteiger partial charge on any atom is 0.251 e. The molecule has 3 aromatic carbocycles. The SMILES string of the molecule is CC(=O)C[C@@H]1NC(=O)[C@H]2Cn3cc([n+]([C@@H]4O[C@H](CO)[C@H](O)[C@H](O)[C@H]4O)c3)C[C@H](NC(=O)CCC[C@@H](C(=O)[O-])NC(=O)[C@H](O)CNC(=O)[C@H]([C@@H](C)c3ccccc3)NC(=O)[C@H]([C@@H](O)C(N)=O)NC1=O)C(=O)N[C@@H]([C@H](C)O)C(=O)N[C@@H](CO)C(=O)N[C@@H](Cc1ccccc1)C(=O)N[C@H]([C@@H](O)/C=C(C)/C=C/c1ccccc1)CC(=O)N[C@@H](CO)C(=O)N2. The number of carboxylic acids is 1. The Morgan fingerprint density at radius 3 is 1.76 bits per heavy atom. The van der Waals surface area contributed by atoms with Crippen LogP contribution < -0.4 is 79.2 Å². The van der Waals surface area contributed by atoms with Gasteiger partial charge < -0.3 is 135 Å². The van der Waals surface area contributed by atoms with Gasteiger partial charge in [-0.2, -0.15) is 0 Å². The molecule has 1 fully saturated rings. The molecule has 7 rings (SSSR count). The molecule has 4 heterocycles. The van der Waals surface area contributed by atoms with E-state index in [1.54, 1.807) is 85.8 Å². The minimum atomic E-state index is -2.73. The number of aliphatic hydroxyl groups excluding tert-OH is 10. The Balaban J connectivity index is 1.44. The molecule has 0 saturated carbocycles. The molecule has 646 valence electrons. The molecule has 0 aliphatic carbocycles. The highest BCUT2D eigenvalue weighted by Crippen LogP contribution is 2.27. The molecule has 4 aromatic rings. The number of imidazole rings is 1. The van der Waals surface area contributed by atoms with Gasteiger partial charge in [-0.3, -0.25) is 67.1 Å². The molecule has 24 N–H and O–H groups in total. The fraction of sp³-hybridized carbons (Fsp3) is 0.481. The zero-order chi connectivity index (χ0) is 87.6. The lowest BCUT2D eigenvalue weighted by Gasteiger charge is -2.38. The fourth-order valence-electron chi connectivity index (χ4n) is 13.0. The molecule has 42 heteroatoms. The van der Waals surface area contributed by atoms with Crippen LogP contribution in [0.3, 0.4) is 0 Å². The standard InChI is InChI=1S/C77H101N15O27/c1-37(23-24-41-15-8-5-9-16-41)25-53(98)46-29-57(101)81-51(33-93)70(111)86-50-32-91-31-44(92(36-91)76-64(105)63(104)61(102)55(35-95)119-76)28-49(68(109)89-59(40(4)97)74(115)87-52(34-94)71(112)85-48(66(107)83-46)27-42-17-10-6-11-18-42)80-56(100)22-14-21-45(77(117)118)82-72(113)54(99)30-79-73(114)58(39(3)43-19-12-7-13-20-43)88-75(116)60(62(103)65(78)106)90-67(108)47(26-38(2)96)84-69(50)110/h5-13,15-20,23-25,31,36,39-40,45-55,58-64,76,93-95,97-99,102-105H,14,21-22,26-30,32-35H2,1-4H3,(H14-,78,79,80,81,82,83,84,85,86,87,88,89,90,100,101,106,107,108,109,110,111,112,113,114,115,116,117,118)/b24-23+,37-25+/t39-,40-,45-,46-,47-,48-,49-,50+,51-,52-,53-,54+,55+,58-,59-,60-,61-,62+,63-,64+,76+/m0/s1. The van der Waals surface area contributed by atoms with Gasteiger partial charge in [0.05, 0.1) is 56.6 Å². The highest BCUT2D eigenvalue weighted by atomic mass is 16.6. The van der Waals surface area contributed by atoms with Crippen LogP contribution in [0.25, 0.3) is 6.08 Å². The number of hydrogen-bond donors (Lipinski definition) is 23. The van der Waals surface area contributed by atoms with Gasteiger partial charge in [-0.25, -0.2) is 9.13 Å². The van der Waals surface area contributed by atoms with E-state index in [1.165, 1.54) is 37.3 Å². The van der Waals surface area contributed by atoms with E-state index < -0.39 is 293 Å². The van der Waals surface area contributed by atoms with Crippen LogP contribution in [0.1, 0.15) is 94.3 Å². The number of rotatable bonds is 18. The van der Waals surface area contributed by atoms with E-state index in [2.05, 4.69) is 53.2 Å². The first-order chi connectivity index (χ1) is 56.4. The van der Waals surface area contributed by atoms with Crippen molar-refractivity contribution >= 4 is 94.6 Å². The average Bonchev–Trinajstić information content (AvgIpc) is 1.72. The molecule has 3 aliphatic rings. The number of benzene rings is 3. The van der Waals surface area contributed by atoms with Gasteiger partial charge in [0, 0.05) is 38.0 Å². The number of ketones is 1. The van der Waals surface area contributed by atoms with Gasteiger partial charge in [-0.15, -0.1) is 0 Å². The summed E-state index contributed by atoms with van der Waals surface area (Å²) in [5.41, 5.74) is 6.85. The van der Waals surface area contributed by atoms with E-state index in [4.69, 9.17) is 10.5 Å². The Bertz CT molecular complexity index is 4320. The molecule has 13 amide bonds. The van der Waals surface area contributed by atoms with E-state index in [0.29, 0.717) is 22.3 Å². The lowest BCUT2D eigenvalue weighted by atomic mass is 9.92. The Hall–Kier alpha value is -11.8. The van der Waals surface area contributed by atoms with Crippen molar-refractivity contribution in [1.29, 1.82) is 0 Å². The molecule has 1 saturated heterocycles. The number of allylic oxidation sites excluding steroid dienone is 2. The Labute approximate surface area is 680 Å². The topological polar surface area (TPSA) is 670 Å². The summed E-state index contributed by atoms with van der Waals surface area (Å²) in [6, 6.07) is 1.22. The monoisotopic (exact) mass is 1670 g/mol. The van der Waals surface area contributed by atoms with Crippen molar-refractivity contribution in [1.82, 2.24) is 68.4 Å². The number of amides is 13. The van der Waals surface area contributed by atoms with Crippen molar-refractivity contribution < 1.29 is 137 Å². The first kappa shape index (κ1) is 94.3. The summed E-state index contributed by atoms with van der Waals surface area (Å²) in [6.45, 7) is -0.908. The number of ether oxygens (including phenoxy) is 1. The van der Waals surface area contributed by atoms with Gasteiger partial charge in [-0.05, 0) is 50.3 Å². The van der Waals surface area contributed by atoms with Gasteiger partial charge in [-0.1, -0.05) is 122 Å². The van der Waals surface area contributed by atoms with Crippen LogP contribution in [-0.2, 0) is 96.0 Å². The molecule has 0 unspecified atom stereocenters. The van der Waals surface area contributed by atoms with Gasteiger partial charge in [0.25, 0.3) is 5.91 Å². The quantitative estimate of drug-likeness (QED) is 0.0325. The lowest BCUT2D eigenvalue weighted by Crippen LogP contribution is -2.64. The molecular formula is C77H101N15O27. The van der Waals surface area contributed by atoms with Crippen molar-refractivity contribution in [3.8, 4) is 0 Å². The number of nitrogens with zero attached hydrogens (tertiary/aromatic N) is 2. The van der Waals surface area contributed by atoms with Gasteiger partial charge in [0.2, 0.25) is 83.4 Å². The van der Waals surface area contributed by atoms with Crippen LogP contribution in [-0.4, -0.2) is 286 Å². The number of aliphatic carboxylic acids is 1. The molecule has 0 spiro atoms. The van der Waals surface area contributed by atoms with Crippen LogP contribution in [0, 0.1) is 0 Å². The normalized spacial score (nSPS) is 28.5. The van der Waals surface area contributed by atoms with Crippen molar-refractivity contribution in [3.05, 3.63) is 144 Å². The lowest BCUT2D eigenvalue weighted by molar-refractivity contribution is -0.783. The smallest absolute Gasteiger partial charge is 0.251 e. The Morgan fingerprint density at radius 2 is 1.15 bits per heavy atom. The number of fused-ring (bicyclic) bond motifs is 2. The number of nitrogens with one attached hydrogen (secondary N) is 12. The van der Waals surface area contributed by atoms with Gasteiger partial charge in [0.15, 0.2) is 6.10 Å². The second-order valence-electron chi connectivity index (χ2n) is 29.0. The second kappa shape index (κ2) is 44.6. The number of nitrogens with two attached hydrogens (primary N) is 1. The fourth-order valence-corrected chi connectivity index (χ4v) is 13.0. The highest BCUT2D eigenvalue weighted by molar-refractivity contribution is 6.01. The number of carboxylic acid groups (broad SMARTS) is 1. The van der Waals surface area contributed by atoms with Crippen LogP contribution >= 0.6 is 0 Å². The molecule has 21 atom stereocenters. The number of aliphatic hydroxyl groups is 10. The number of carbonyl (C=O) groups is 15. The van der Waals surface area contributed by atoms with E-state index in [0.717, 1.165) is 35.5 Å². The van der Waals surface area contributed by atoms with Crippen LogP contribution in [0.2, 0.25) is 0 Å². The highest BCUT2D eigenvalue weighted by Gasteiger charge is 2.49. The average molecular weight is 1670 g/mol. The first-order valence-corrected chi connectivity index (χ1v) is 37.9. The molecule has 0 radical (unpaired) electrons. The van der Waals surface area contributed by atoms with Gasteiger partial charge in [0.1, 0.15) is 109 Å². The molecular weight excluding hydrogens is 1570 g/mol. The maximum atomic E-state index is 15.4. The minimum absolute atomic E-state index is 0.315. The first-order valence-electron chi connectivity index (χ1n) is 37.9. The van der Waals surface area contributed by atoms with E-state index in [9.17, 15) is 119 Å². The van der Waals surface area contributed by atoms with E-state index in [-0.39, 0.29) is 6.42 Å². The largest absolute Gasteiger partial charge is 0.548 e. The summed E-state index contributed by atoms with van der Waals surface area (Å²) in [4.78, 5) is 214. The predicted octanol–water partition coefficient (Wildman–Crippen LogP) is -11.3. The molecule has 119 heavy (non-hydrogen) atoms. The number of Topliss-reactive ketones (excluding diaryl/α,β-unsaturated/α-hetero) is 1. The number of β-amino-alcohol motifs (C(OH)–C–C–N with tert-alkyl or cyclic N) is 1. The summed E-state index contributed by atoms with van der Waals surface area (Å²) >= 11 is 0. The minimum Gasteiger partial charge on any atom is -0.548 e. The van der Waals surface area contributed by atoms with Crippen molar-refractivity contribution in [2.24, 2.45) is 5.73 Å². The second-order valence-corrected chi connectivity index (χ2v) is 29.0. The predicted molar refractivity (Wildman–Crippen MR) is 408 cm³/mol. The zero-order valence-electron chi connectivity index (χ0n) is 65.0. The van der Waals surface area contributed by atoms with Crippen molar-refractivity contribution in [2.45, 2.75) is 207 Å². The third kappa shape index (κ3) is 27.1. The summed E-state index contributed by atoms with van der Waals surface area (Å²) in [5, 5.41) is 152. The Kier molecular flexibility index (Phi) is 35.4. The van der Waals surface area contributed by atoms with Crippen LogP contribution in [0.4, 0.5) is 0 Å². The van der Waals surface area contributed by atoms with Crippen molar-refractivity contribution in [3.63, 3.8) is 0 Å². The summed E-state index contributed by atoms with van der Waals surface area (Å²) in [6.07, 6.45) is -18.2. The molecule has 1 aromatic heterocycles. The van der Waals surface area contributed by atoms with E-state index >= 15 is 9.59 Å². The van der Waals surface area contributed by atoms with Crippen molar-refractivity contribution in [2.75, 3.05) is 26.4 Å². The molecule has 3 aliphatic heterocycles. The molecule has 42 nitrogen and oxygen atoms in total. The number of hydrogen-bond acceptors (Lipinski definition) is 27.